The molecule has 0 aromatic heterocycles. The van der Waals surface area contributed by atoms with Crippen LogP contribution in [0.3, 0.4) is 0 Å². The van der Waals surface area contributed by atoms with E-state index in [4.69, 9.17) is 0 Å². The van der Waals surface area contributed by atoms with E-state index in [0.717, 1.165) is 25.1 Å². The Morgan fingerprint density at radius 1 is 1.12 bits per heavy atom. The molecule has 1 fully saturated rings. The number of hydrazone groups is 1. The van der Waals surface area contributed by atoms with Crippen molar-refractivity contribution in [3.05, 3.63) is 68.3 Å². The van der Waals surface area contributed by atoms with Crippen molar-refractivity contribution in [2.45, 2.75) is 26.7 Å². The molecule has 1 N–H and O–H groups in total. The summed E-state index contributed by atoms with van der Waals surface area (Å²) in [6.45, 7) is 6.51. The summed E-state index contributed by atoms with van der Waals surface area (Å²) >= 11 is 0. The highest BCUT2D eigenvalue weighted by Gasteiger charge is 2.29. The molecule has 0 bridgehead atoms. The van der Waals surface area contributed by atoms with Crippen LogP contribution in [0.2, 0.25) is 0 Å². The Morgan fingerprint density at radius 3 is 2.38 bits per heavy atom. The molecule has 11 nitrogen and oxygen atoms in total. The Balaban J connectivity index is 1.82. The summed E-state index contributed by atoms with van der Waals surface area (Å²) in [7, 11) is 0. The summed E-state index contributed by atoms with van der Waals surface area (Å²) in [6.07, 6.45) is 3.13. The van der Waals surface area contributed by atoms with E-state index in [0.29, 0.717) is 30.9 Å². The number of amides is 1. The summed E-state index contributed by atoms with van der Waals surface area (Å²) in [4.78, 5) is 38.0. The number of benzene rings is 2. The van der Waals surface area contributed by atoms with Gasteiger partial charge in [0.05, 0.1) is 27.7 Å². The Hall–Kier alpha value is -4.02. The van der Waals surface area contributed by atoms with E-state index in [1.54, 1.807) is 6.07 Å². The first kappa shape index (κ1) is 24.6. The molecule has 11 heteroatoms. The number of carbonyl (C=O) groups is 1. The maximum Gasteiger partial charge on any atom is 0.270 e. The summed E-state index contributed by atoms with van der Waals surface area (Å²) < 4.78 is 0. The van der Waals surface area contributed by atoms with Crippen molar-refractivity contribution < 1.29 is 14.6 Å². The predicted molar refractivity (Wildman–Crippen MR) is 130 cm³/mol. The normalized spacial score (nSPS) is 15.8. The topological polar surface area (TPSA) is 134 Å². The minimum Gasteiger partial charge on any atom is -0.370 e. The van der Waals surface area contributed by atoms with E-state index >= 15 is 0 Å². The number of nitrogens with zero attached hydrogens (tertiary/aromatic N) is 5. The maximum absolute atomic E-state index is 12.9. The summed E-state index contributed by atoms with van der Waals surface area (Å²) in [5.41, 5.74) is 4.54. The molecule has 1 aliphatic rings. The van der Waals surface area contributed by atoms with Crippen LogP contribution >= 0.6 is 0 Å². The van der Waals surface area contributed by atoms with Crippen molar-refractivity contribution in [3.63, 3.8) is 0 Å². The van der Waals surface area contributed by atoms with Crippen molar-refractivity contribution >= 4 is 34.9 Å². The number of nitro groups is 2. The van der Waals surface area contributed by atoms with Gasteiger partial charge in [-0.2, -0.15) is 5.10 Å². The van der Waals surface area contributed by atoms with E-state index in [-0.39, 0.29) is 23.2 Å². The number of hydrogen-bond donors (Lipinski definition) is 1. The molecule has 1 saturated heterocycles. The number of rotatable bonds is 9. The molecule has 0 radical (unpaired) electrons. The van der Waals surface area contributed by atoms with Gasteiger partial charge in [-0.25, -0.2) is 0 Å². The van der Waals surface area contributed by atoms with Crippen LogP contribution in [0.15, 0.2) is 47.6 Å². The van der Waals surface area contributed by atoms with Crippen LogP contribution in [0.1, 0.15) is 32.3 Å². The fourth-order valence-corrected chi connectivity index (χ4v) is 4.07. The Bertz CT molecular complexity index is 1070. The fraction of sp³-hybridized carbons (Fsp3) is 0.391. The lowest BCUT2D eigenvalue weighted by Gasteiger charge is -2.36. The highest BCUT2D eigenvalue weighted by Crippen LogP contribution is 2.29. The van der Waals surface area contributed by atoms with Crippen LogP contribution in [-0.4, -0.2) is 53.0 Å². The van der Waals surface area contributed by atoms with Gasteiger partial charge in [-0.15, -0.1) is 0 Å². The molecule has 0 saturated carbocycles. The molecular weight excluding hydrogens is 440 g/mol. The van der Waals surface area contributed by atoms with Crippen molar-refractivity contribution in [3.8, 4) is 0 Å². The van der Waals surface area contributed by atoms with Gasteiger partial charge in [-0.05, 0) is 44.9 Å². The van der Waals surface area contributed by atoms with Gasteiger partial charge in [-0.1, -0.05) is 0 Å². The summed E-state index contributed by atoms with van der Waals surface area (Å²) in [5, 5.41) is 26.3. The number of nitrogens with one attached hydrogen (secondary N) is 1. The van der Waals surface area contributed by atoms with Gasteiger partial charge in [-0.3, -0.25) is 30.4 Å². The van der Waals surface area contributed by atoms with Crippen LogP contribution in [0, 0.1) is 26.1 Å². The molecule has 180 valence electrons. The predicted octanol–water partition coefficient (Wildman–Crippen LogP) is 4.03. The smallest absolute Gasteiger partial charge is 0.270 e. The van der Waals surface area contributed by atoms with E-state index in [2.05, 4.69) is 15.4 Å². The highest BCUT2D eigenvalue weighted by atomic mass is 16.6. The first-order valence-electron chi connectivity index (χ1n) is 11.2. The molecule has 1 aliphatic heterocycles. The van der Waals surface area contributed by atoms with E-state index in [9.17, 15) is 25.0 Å². The molecule has 34 heavy (non-hydrogen) atoms. The average Bonchev–Trinajstić information content (AvgIpc) is 2.85. The maximum atomic E-state index is 12.9. The molecule has 0 aliphatic carbocycles. The number of anilines is 2. The van der Waals surface area contributed by atoms with Gasteiger partial charge in [0.15, 0.2) is 0 Å². The van der Waals surface area contributed by atoms with Crippen molar-refractivity contribution in [2.75, 3.05) is 36.5 Å². The van der Waals surface area contributed by atoms with Crippen molar-refractivity contribution in [2.24, 2.45) is 11.0 Å². The summed E-state index contributed by atoms with van der Waals surface area (Å²) in [5.74, 6) is -0.00136. The van der Waals surface area contributed by atoms with Crippen LogP contribution in [-0.2, 0) is 4.79 Å². The molecule has 1 amide bonds. The van der Waals surface area contributed by atoms with Crippen molar-refractivity contribution in [1.82, 2.24) is 4.90 Å². The number of carbonyl (C=O) groups excluding carboxylic acids is 1. The molecule has 3 rings (SSSR count). The molecule has 1 heterocycles. The standard InChI is InChI=1S/C23H28N6O5/c1-3-26(4-2)23(30)17-6-5-13-27(16-17)22-12-11-21(29(33)34)14-18(22)15-24-25-19-7-9-20(10-8-19)28(31)32/h7-12,14-15,17,25H,3-6,13,16H2,1-2H3/b24-15+. The number of piperidine rings is 1. The van der Waals surface area contributed by atoms with Gasteiger partial charge in [0.25, 0.3) is 11.4 Å². The number of hydrogen-bond acceptors (Lipinski definition) is 8. The van der Waals surface area contributed by atoms with Crippen LogP contribution in [0.5, 0.6) is 0 Å². The van der Waals surface area contributed by atoms with E-state index < -0.39 is 9.85 Å². The molecular formula is C23H28N6O5. The lowest BCUT2D eigenvalue weighted by atomic mass is 9.95. The van der Waals surface area contributed by atoms with E-state index in [1.807, 2.05) is 18.7 Å². The quantitative estimate of drug-likeness (QED) is 0.333. The SMILES string of the molecule is CCN(CC)C(=O)C1CCCN(c2ccc([N+](=O)[O-])cc2/C=N/Nc2ccc([N+](=O)[O-])cc2)C1. The first-order chi connectivity index (χ1) is 16.3. The second-order valence-electron chi connectivity index (χ2n) is 7.97. The minimum atomic E-state index is -0.487. The van der Waals surface area contributed by atoms with Gasteiger partial charge in [0.2, 0.25) is 5.91 Å². The molecule has 2 aromatic carbocycles. The molecule has 2 aromatic rings. The Morgan fingerprint density at radius 2 is 1.76 bits per heavy atom. The summed E-state index contributed by atoms with van der Waals surface area (Å²) in [6, 6.07) is 10.4. The third kappa shape index (κ3) is 5.85. The van der Waals surface area contributed by atoms with Crippen molar-refractivity contribution in [1.29, 1.82) is 0 Å². The zero-order valence-corrected chi connectivity index (χ0v) is 19.2. The van der Waals surface area contributed by atoms with Gasteiger partial charge >= 0.3 is 0 Å². The van der Waals surface area contributed by atoms with Crippen LogP contribution in [0.25, 0.3) is 0 Å². The minimum absolute atomic E-state index is 0.0330. The monoisotopic (exact) mass is 468 g/mol. The lowest BCUT2D eigenvalue weighted by Crippen LogP contribution is -2.45. The van der Waals surface area contributed by atoms with Gasteiger partial charge in [0.1, 0.15) is 0 Å². The number of nitro benzene ring substituents is 2. The van der Waals surface area contributed by atoms with E-state index in [1.165, 1.54) is 42.6 Å². The zero-order chi connectivity index (χ0) is 24.7. The second-order valence-corrected chi connectivity index (χ2v) is 7.97. The zero-order valence-electron chi connectivity index (χ0n) is 19.2. The molecule has 1 unspecified atom stereocenters. The average molecular weight is 469 g/mol. The Kier molecular flexibility index (Phi) is 8.12. The first-order valence-corrected chi connectivity index (χ1v) is 11.2. The highest BCUT2D eigenvalue weighted by molar-refractivity contribution is 5.90. The third-order valence-corrected chi connectivity index (χ3v) is 5.88. The van der Waals surface area contributed by atoms with Gasteiger partial charge < -0.3 is 9.80 Å². The largest absolute Gasteiger partial charge is 0.370 e. The lowest BCUT2D eigenvalue weighted by molar-refractivity contribution is -0.385. The molecule has 0 spiro atoms. The Labute approximate surface area is 197 Å². The fourth-order valence-electron chi connectivity index (χ4n) is 4.07. The molecule has 1 atom stereocenters. The van der Waals surface area contributed by atoms with Crippen LogP contribution < -0.4 is 10.3 Å². The third-order valence-electron chi connectivity index (χ3n) is 5.88. The van der Waals surface area contributed by atoms with Gasteiger partial charge in [0, 0.05) is 61.7 Å². The second kappa shape index (κ2) is 11.2. The number of non-ortho nitro benzene ring substituents is 2. The van der Waals surface area contributed by atoms with Crippen LogP contribution in [0.4, 0.5) is 22.7 Å².